The minimum absolute atomic E-state index is 0.122. The van der Waals surface area contributed by atoms with E-state index in [4.69, 9.17) is 28.4 Å². The Labute approximate surface area is 238 Å². The summed E-state index contributed by atoms with van der Waals surface area (Å²) >= 11 is 0. The molecule has 0 aromatic heterocycles. The van der Waals surface area contributed by atoms with Gasteiger partial charge in [-0.25, -0.2) is 0 Å². The molecule has 0 radical (unpaired) electrons. The van der Waals surface area contributed by atoms with Gasteiger partial charge in [-0.2, -0.15) is 0 Å². The fraction of sp³-hybridized carbons (Fsp3) is 0.781. The van der Waals surface area contributed by atoms with Crippen molar-refractivity contribution in [2.45, 2.75) is 96.8 Å². The molecule has 0 aliphatic heterocycles. The van der Waals surface area contributed by atoms with Crippen LogP contribution in [0.5, 0.6) is 5.75 Å². The standard InChI is InChI=1S/C32H56O7/c1-2-3-4-5-6-7-8-9-10-11-12-13-17-20-32(33)39-30-28-37-26-24-35-22-21-34-23-25-36-27-29-38-31-18-15-14-16-19-31/h14-16,18-19H,2-13,17,20-30H2,1H3. The molecule has 226 valence electrons. The van der Waals surface area contributed by atoms with E-state index >= 15 is 0 Å². The van der Waals surface area contributed by atoms with Gasteiger partial charge in [-0.3, -0.25) is 4.79 Å². The molecule has 0 spiro atoms. The van der Waals surface area contributed by atoms with Gasteiger partial charge in [-0.15, -0.1) is 0 Å². The zero-order valence-corrected chi connectivity index (χ0v) is 24.7. The summed E-state index contributed by atoms with van der Waals surface area (Å²) in [6.45, 7) is 7.05. The molecule has 0 heterocycles. The summed E-state index contributed by atoms with van der Waals surface area (Å²) in [4.78, 5) is 11.8. The lowest BCUT2D eigenvalue weighted by atomic mass is 10.0. The van der Waals surface area contributed by atoms with Gasteiger partial charge in [-0.05, 0) is 18.6 Å². The van der Waals surface area contributed by atoms with Crippen LogP contribution < -0.4 is 4.74 Å². The van der Waals surface area contributed by atoms with Gasteiger partial charge in [0, 0.05) is 6.42 Å². The first-order chi connectivity index (χ1) is 19.3. The molecule has 7 heteroatoms. The molecule has 1 aromatic rings. The van der Waals surface area contributed by atoms with E-state index in [9.17, 15) is 4.79 Å². The normalized spacial score (nSPS) is 11.1. The zero-order valence-electron chi connectivity index (χ0n) is 24.7. The lowest BCUT2D eigenvalue weighted by Crippen LogP contribution is -2.15. The number of carbonyl (C=O) groups is 1. The molecule has 0 aliphatic rings. The lowest BCUT2D eigenvalue weighted by Gasteiger charge is -2.08. The fourth-order valence-corrected chi connectivity index (χ4v) is 4.07. The number of para-hydroxylation sites is 1. The Balaban J connectivity index is 1.68. The van der Waals surface area contributed by atoms with E-state index in [1.54, 1.807) is 0 Å². The summed E-state index contributed by atoms with van der Waals surface area (Å²) in [5.41, 5.74) is 0. The maximum absolute atomic E-state index is 11.8. The Morgan fingerprint density at radius 3 is 1.41 bits per heavy atom. The van der Waals surface area contributed by atoms with E-state index in [0.29, 0.717) is 72.5 Å². The molecule has 0 saturated heterocycles. The molecule has 7 nitrogen and oxygen atoms in total. The summed E-state index contributed by atoms with van der Waals surface area (Å²) in [7, 11) is 0. The summed E-state index contributed by atoms with van der Waals surface area (Å²) in [5, 5.41) is 0. The van der Waals surface area contributed by atoms with Crippen LogP contribution in [0.2, 0.25) is 0 Å². The molecule has 0 saturated carbocycles. The van der Waals surface area contributed by atoms with Crippen molar-refractivity contribution in [3.8, 4) is 5.75 Å². The lowest BCUT2D eigenvalue weighted by molar-refractivity contribution is -0.145. The van der Waals surface area contributed by atoms with Crippen LogP contribution in [-0.2, 0) is 28.5 Å². The number of esters is 1. The monoisotopic (exact) mass is 552 g/mol. The van der Waals surface area contributed by atoms with Crippen LogP contribution in [0.1, 0.15) is 96.8 Å². The molecule has 0 N–H and O–H groups in total. The number of rotatable bonds is 30. The average Bonchev–Trinajstić information content (AvgIpc) is 2.95. The predicted molar refractivity (Wildman–Crippen MR) is 156 cm³/mol. The first kappa shape index (κ1) is 35.4. The topological polar surface area (TPSA) is 72.5 Å². The van der Waals surface area contributed by atoms with Crippen LogP contribution in [0.25, 0.3) is 0 Å². The minimum Gasteiger partial charge on any atom is -0.491 e. The Hall–Kier alpha value is -1.67. The largest absolute Gasteiger partial charge is 0.491 e. The summed E-state index contributed by atoms with van der Waals surface area (Å²) in [6, 6.07) is 9.68. The Morgan fingerprint density at radius 1 is 0.513 bits per heavy atom. The quantitative estimate of drug-likeness (QED) is 0.0741. The Bertz CT molecular complexity index is 626. The van der Waals surface area contributed by atoms with E-state index in [2.05, 4.69) is 6.92 Å². The first-order valence-corrected chi connectivity index (χ1v) is 15.5. The molecule has 0 aliphatic carbocycles. The van der Waals surface area contributed by atoms with Gasteiger partial charge >= 0.3 is 5.97 Å². The van der Waals surface area contributed by atoms with Gasteiger partial charge in [0.1, 0.15) is 19.0 Å². The minimum atomic E-state index is -0.122. The van der Waals surface area contributed by atoms with Gasteiger partial charge in [0.05, 0.1) is 52.9 Å². The number of benzene rings is 1. The smallest absolute Gasteiger partial charge is 0.305 e. The number of ether oxygens (including phenoxy) is 6. The van der Waals surface area contributed by atoms with Crippen LogP contribution >= 0.6 is 0 Å². The molecule has 0 bridgehead atoms. The Morgan fingerprint density at radius 2 is 0.923 bits per heavy atom. The van der Waals surface area contributed by atoms with Crippen molar-refractivity contribution in [1.82, 2.24) is 0 Å². The highest BCUT2D eigenvalue weighted by Gasteiger charge is 2.03. The van der Waals surface area contributed by atoms with Crippen LogP contribution in [-0.4, -0.2) is 72.0 Å². The fourth-order valence-electron chi connectivity index (χ4n) is 4.07. The molecular weight excluding hydrogens is 496 g/mol. The van der Waals surface area contributed by atoms with Gasteiger partial charge in [0.15, 0.2) is 0 Å². The van der Waals surface area contributed by atoms with Crippen molar-refractivity contribution in [2.75, 3.05) is 66.1 Å². The molecule has 1 rings (SSSR count). The highest BCUT2D eigenvalue weighted by atomic mass is 16.6. The maximum Gasteiger partial charge on any atom is 0.305 e. The van der Waals surface area contributed by atoms with Crippen LogP contribution in [0.15, 0.2) is 30.3 Å². The molecule has 0 amide bonds. The van der Waals surface area contributed by atoms with Crippen molar-refractivity contribution >= 4 is 5.97 Å². The second kappa shape index (κ2) is 29.3. The van der Waals surface area contributed by atoms with E-state index in [1.165, 1.54) is 70.6 Å². The third-order valence-electron chi connectivity index (χ3n) is 6.33. The highest BCUT2D eigenvalue weighted by Crippen LogP contribution is 2.13. The number of hydrogen-bond donors (Lipinski definition) is 0. The number of carbonyl (C=O) groups excluding carboxylic acids is 1. The van der Waals surface area contributed by atoms with E-state index < -0.39 is 0 Å². The van der Waals surface area contributed by atoms with Gasteiger partial charge in [-0.1, -0.05) is 102 Å². The number of unbranched alkanes of at least 4 members (excludes halogenated alkanes) is 12. The Kier molecular flexibility index (Phi) is 26.6. The molecule has 1 aromatic carbocycles. The molecule has 0 fully saturated rings. The molecular formula is C32H56O7. The van der Waals surface area contributed by atoms with E-state index in [-0.39, 0.29) is 5.97 Å². The van der Waals surface area contributed by atoms with Crippen molar-refractivity contribution in [3.05, 3.63) is 30.3 Å². The van der Waals surface area contributed by atoms with Crippen LogP contribution in [0.4, 0.5) is 0 Å². The van der Waals surface area contributed by atoms with E-state index in [1.807, 2.05) is 30.3 Å². The molecule has 0 atom stereocenters. The zero-order chi connectivity index (χ0) is 27.9. The highest BCUT2D eigenvalue weighted by molar-refractivity contribution is 5.69. The van der Waals surface area contributed by atoms with Gasteiger partial charge < -0.3 is 28.4 Å². The van der Waals surface area contributed by atoms with Crippen LogP contribution in [0, 0.1) is 0 Å². The first-order valence-electron chi connectivity index (χ1n) is 15.5. The summed E-state index contributed by atoms with van der Waals surface area (Å²) in [5.74, 6) is 0.725. The van der Waals surface area contributed by atoms with Crippen molar-refractivity contribution in [3.63, 3.8) is 0 Å². The summed E-state index contributed by atoms with van der Waals surface area (Å²) in [6.07, 6.45) is 17.4. The SMILES string of the molecule is CCCCCCCCCCCCCCCC(=O)OCCOCCOCCOCCOCCOc1ccccc1. The van der Waals surface area contributed by atoms with Crippen molar-refractivity contribution < 1.29 is 33.2 Å². The van der Waals surface area contributed by atoms with Crippen molar-refractivity contribution in [1.29, 1.82) is 0 Å². The maximum atomic E-state index is 11.8. The van der Waals surface area contributed by atoms with Gasteiger partial charge in [0.2, 0.25) is 0 Å². The van der Waals surface area contributed by atoms with Crippen molar-refractivity contribution in [2.24, 2.45) is 0 Å². The second-order valence-corrected chi connectivity index (χ2v) is 9.82. The molecule has 39 heavy (non-hydrogen) atoms. The summed E-state index contributed by atoms with van der Waals surface area (Å²) < 4.78 is 32.6. The third-order valence-corrected chi connectivity index (χ3v) is 6.33. The van der Waals surface area contributed by atoms with Gasteiger partial charge in [0.25, 0.3) is 0 Å². The van der Waals surface area contributed by atoms with E-state index in [0.717, 1.165) is 18.6 Å². The average molecular weight is 553 g/mol. The second-order valence-electron chi connectivity index (χ2n) is 9.82. The predicted octanol–water partition coefficient (Wildman–Crippen LogP) is 7.16. The molecule has 0 unspecified atom stereocenters. The van der Waals surface area contributed by atoms with Crippen LogP contribution in [0.3, 0.4) is 0 Å². The third kappa shape index (κ3) is 26.3. The number of hydrogen-bond acceptors (Lipinski definition) is 7.